The Morgan fingerprint density at radius 1 is 1.21 bits per heavy atom. The molecule has 1 aromatic carbocycles. The zero-order valence-electron chi connectivity index (χ0n) is 10.7. The highest BCUT2D eigenvalue weighted by molar-refractivity contribution is 14.0. The van der Waals surface area contributed by atoms with Crippen molar-refractivity contribution in [1.82, 2.24) is 10.6 Å². The minimum atomic E-state index is 0. The van der Waals surface area contributed by atoms with Crippen LogP contribution >= 0.6 is 39.9 Å². The number of benzene rings is 1. The highest BCUT2D eigenvalue weighted by atomic mass is 127. The van der Waals surface area contributed by atoms with E-state index in [9.17, 15) is 0 Å². The summed E-state index contributed by atoms with van der Waals surface area (Å²) in [6, 6.07) is 9.29. The molecular weight excluding hydrogens is 417 g/mol. The second kappa shape index (κ2) is 6.92. The van der Waals surface area contributed by atoms with Gasteiger partial charge in [0.15, 0.2) is 5.96 Å². The van der Waals surface area contributed by atoms with Gasteiger partial charge in [0.05, 0.1) is 0 Å². The van der Waals surface area contributed by atoms with Gasteiger partial charge in [-0.3, -0.25) is 4.99 Å². The van der Waals surface area contributed by atoms with E-state index < -0.39 is 0 Å². The van der Waals surface area contributed by atoms with Gasteiger partial charge in [0.2, 0.25) is 0 Å². The van der Waals surface area contributed by atoms with Crippen molar-refractivity contribution in [2.45, 2.75) is 31.2 Å². The van der Waals surface area contributed by atoms with E-state index in [1.54, 1.807) is 0 Å². The molecule has 19 heavy (non-hydrogen) atoms. The molecule has 0 amide bonds. The van der Waals surface area contributed by atoms with E-state index in [2.05, 4.69) is 55.8 Å². The van der Waals surface area contributed by atoms with Gasteiger partial charge in [0, 0.05) is 23.6 Å². The van der Waals surface area contributed by atoms with Crippen molar-refractivity contribution >= 4 is 45.9 Å². The minimum Gasteiger partial charge on any atom is -0.356 e. The summed E-state index contributed by atoms with van der Waals surface area (Å²) in [5, 5.41) is 6.81. The molecule has 104 valence electrons. The third kappa shape index (κ3) is 3.84. The van der Waals surface area contributed by atoms with Gasteiger partial charge in [-0.25, -0.2) is 0 Å². The molecule has 3 nitrogen and oxygen atoms in total. The molecular formula is C14H19BrIN3. The summed E-state index contributed by atoms with van der Waals surface area (Å²) in [4.78, 5) is 4.45. The molecule has 0 radical (unpaired) electrons. The Labute approximate surface area is 139 Å². The van der Waals surface area contributed by atoms with E-state index in [0.29, 0.717) is 12.0 Å². The van der Waals surface area contributed by atoms with Gasteiger partial charge in [-0.1, -0.05) is 28.1 Å². The van der Waals surface area contributed by atoms with Gasteiger partial charge < -0.3 is 10.6 Å². The first-order valence-electron chi connectivity index (χ1n) is 6.61. The quantitative estimate of drug-likeness (QED) is 0.699. The number of nitrogens with zero attached hydrogens (tertiary/aromatic N) is 1. The van der Waals surface area contributed by atoms with Gasteiger partial charge in [-0.15, -0.1) is 24.0 Å². The fourth-order valence-corrected chi connectivity index (χ4v) is 2.83. The predicted octanol–water partition coefficient (Wildman–Crippen LogP) is 3.25. The van der Waals surface area contributed by atoms with Crippen LogP contribution in [0.5, 0.6) is 0 Å². The first kappa shape index (κ1) is 15.1. The normalized spacial score (nSPS) is 25.4. The number of rotatable bonds is 2. The number of guanidine groups is 1. The Morgan fingerprint density at radius 2 is 1.95 bits per heavy atom. The molecule has 0 saturated heterocycles. The molecule has 0 spiro atoms. The average molecular weight is 436 g/mol. The maximum atomic E-state index is 4.45. The maximum Gasteiger partial charge on any atom is 0.191 e. The first-order chi connectivity index (χ1) is 8.81. The third-order valence-electron chi connectivity index (χ3n) is 3.72. The highest BCUT2D eigenvalue weighted by Gasteiger charge is 2.30. The van der Waals surface area contributed by atoms with Crippen molar-refractivity contribution in [2.75, 3.05) is 13.1 Å². The van der Waals surface area contributed by atoms with Crippen molar-refractivity contribution in [1.29, 1.82) is 0 Å². The monoisotopic (exact) mass is 435 g/mol. The lowest BCUT2D eigenvalue weighted by atomic mass is 9.76. The Morgan fingerprint density at radius 3 is 2.58 bits per heavy atom. The van der Waals surface area contributed by atoms with Crippen molar-refractivity contribution < 1.29 is 0 Å². The molecule has 1 fully saturated rings. The number of nitrogens with one attached hydrogen (secondary N) is 2. The molecule has 1 aliphatic carbocycles. The number of hydrogen-bond acceptors (Lipinski definition) is 3. The zero-order valence-corrected chi connectivity index (χ0v) is 14.6. The molecule has 1 aromatic rings. The molecule has 1 heterocycles. The van der Waals surface area contributed by atoms with Crippen LogP contribution in [0.4, 0.5) is 0 Å². The Hall–Kier alpha value is -0.300. The first-order valence-corrected chi connectivity index (χ1v) is 7.41. The lowest BCUT2D eigenvalue weighted by Crippen LogP contribution is -2.50. The lowest BCUT2D eigenvalue weighted by Gasteiger charge is -2.37. The molecule has 0 unspecified atom stereocenters. The van der Waals surface area contributed by atoms with Crippen molar-refractivity contribution in [3.05, 3.63) is 34.3 Å². The minimum absolute atomic E-state index is 0. The topological polar surface area (TPSA) is 36.4 Å². The van der Waals surface area contributed by atoms with Gasteiger partial charge in [-0.05, 0) is 42.9 Å². The molecule has 0 atom stereocenters. The summed E-state index contributed by atoms with van der Waals surface area (Å²) in [7, 11) is 0. The molecule has 2 aliphatic rings. The third-order valence-corrected chi connectivity index (χ3v) is 4.25. The van der Waals surface area contributed by atoms with Gasteiger partial charge in [-0.2, -0.15) is 0 Å². The SMILES string of the molecule is Brc1ccc(C2CC(NC3=NCCCN3)C2)cc1.I. The summed E-state index contributed by atoms with van der Waals surface area (Å²) >= 11 is 3.48. The van der Waals surface area contributed by atoms with Crippen LogP contribution < -0.4 is 10.6 Å². The fourth-order valence-electron chi connectivity index (χ4n) is 2.57. The number of aliphatic imine (C=N–C) groups is 1. The smallest absolute Gasteiger partial charge is 0.191 e. The highest BCUT2D eigenvalue weighted by Crippen LogP contribution is 2.37. The summed E-state index contributed by atoms with van der Waals surface area (Å²) in [5.41, 5.74) is 1.45. The van der Waals surface area contributed by atoms with E-state index in [0.717, 1.165) is 29.9 Å². The molecule has 5 heteroatoms. The van der Waals surface area contributed by atoms with Gasteiger partial charge in [0.25, 0.3) is 0 Å². The second-order valence-electron chi connectivity index (χ2n) is 5.07. The maximum absolute atomic E-state index is 4.45. The largest absolute Gasteiger partial charge is 0.356 e. The summed E-state index contributed by atoms with van der Waals surface area (Å²) in [6.45, 7) is 2.01. The van der Waals surface area contributed by atoms with Crippen LogP contribution in [0, 0.1) is 0 Å². The number of halogens is 2. The molecule has 1 aliphatic heterocycles. The zero-order chi connectivity index (χ0) is 12.4. The van der Waals surface area contributed by atoms with Crippen LogP contribution in [0.1, 0.15) is 30.7 Å². The Kier molecular flexibility index (Phi) is 5.50. The van der Waals surface area contributed by atoms with Crippen LogP contribution in [0.3, 0.4) is 0 Å². The summed E-state index contributed by atoms with van der Waals surface area (Å²) in [6.07, 6.45) is 3.57. The Bertz CT molecular complexity index is 441. The van der Waals surface area contributed by atoms with Crippen LogP contribution in [-0.2, 0) is 0 Å². The second-order valence-corrected chi connectivity index (χ2v) is 5.99. The molecule has 3 rings (SSSR count). The van der Waals surface area contributed by atoms with Gasteiger partial charge >= 0.3 is 0 Å². The predicted molar refractivity (Wildman–Crippen MR) is 93.4 cm³/mol. The molecule has 2 N–H and O–H groups in total. The molecule has 0 bridgehead atoms. The van der Waals surface area contributed by atoms with E-state index in [4.69, 9.17) is 0 Å². The van der Waals surface area contributed by atoms with Gasteiger partial charge in [0.1, 0.15) is 0 Å². The molecule has 0 aromatic heterocycles. The van der Waals surface area contributed by atoms with Crippen LogP contribution in [0.2, 0.25) is 0 Å². The van der Waals surface area contributed by atoms with Crippen LogP contribution in [0.25, 0.3) is 0 Å². The Balaban J connectivity index is 0.00000133. The van der Waals surface area contributed by atoms with Crippen LogP contribution in [0.15, 0.2) is 33.7 Å². The van der Waals surface area contributed by atoms with E-state index in [1.807, 2.05) is 0 Å². The van der Waals surface area contributed by atoms with Crippen LogP contribution in [-0.4, -0.2) is 25.1 Å². The lowest BCUT2D eigenvalue weighted by molar-refractivity contribution is 0.321. The van der Waals surface area contributed by atoms with Crippen molar-refractivity contribution in [2.24, 2.45) is 4.99 Å². The molecule has 1 saturated carbocycles. The van der Waals surface area contributed by atoms with E-state index in [1.165, 1.54) is 18.4 Å². The summed E-state index contributed by atoms with van der Waals surface area (Å²) in [5.74, 6) is 1.71. The fraction of sp³-hybridized carbons (Fsp3) is 0.500. The van der Waals surface area contributed by atoms with E-state index >= 15 is 0 Å². The average Bonchev–Trinajstić information content (AvgIpc) is 2.36. The van der Waals surface area contributed by atoms with Crippen molar-refractivity contribution in [3.63, 3.8) is 0 Å². The van der Waals surface area contributed by atoms with E-state index in [-0.39, 0.29) is 24.0 Å². The number of hydrogen-bond donors (Lipinski definition) is 2. The van der Waals surface area contributed by atoms with Crippen molar-refractivity contribution in [3.8, 4) is 0 Å². The summed E-state index contributed by atoms with van der Waals surface area (Å²) < 4.78 is 1.15. The standard InChI is InChI=1S/C14H18BrN3.HI/c15-12-4-2-10(3-5-12)11-8-13(9-11)18-14-16-6-1-7-17-14;/h2-5,11,13H,1,6-9H2,(H2,16,17,18);1H.